The molecule has 0 atom stereocenters. The highest BCUT2D eigenvalue weighted by molar-refractivity contribution is 7.12. The van der Waals surface area contributed by atoms with Gasteiger partial charge in [0.05, 0.1) is 25.6 Å². The smallest absolute Gasteiger partial charge is 0.264 e. The fourth-order valence-electron chi connectivity index (χ4n) is 3.53. The first kappa shape index (κ1) is 25.5. The van der Waals surface area contributed by atoms with Crippen LogP contribution in [0.3, 0.4) is 0 Å². The van der Waals surface area contributed by atoms with Crippen molar-refractivity contribution in [3.05, 3.63) is 80.7 Å². The molecule has 3 aromatic rings. The molecular formula is C26H30N2O4S2. The van der Waals surface area contributed by atoms with Crippen molar-refractivity contribution in [3.63, 3.8) is 0 Å². The maximum Gasteiger partial charge on any atom is 0.264 e. The summed E-state index contributed by atoms with van der Waals surface area (Å²) in [6.07, 6.45) is 2.30. The van der Waals surface area contributed by atoms with Crippen molar-refractivity contribution in [1.29, 1.82) is 0 Å². The number of carbonyl (C=O) groups excluding carboxylic acids is 2. The van der Waals surface area contributed by atoms with Crippen LogP contribution in [-0.4, -0.2) is 55.5 Å². The molecule has 180 valence electrons. The van der Waals surface area contributed by atoms with Crippen molar-refractivity contribution in [1.82, 2.24) is 9.80 Å². The van der Waals surface area contributed by atoms with E-state index in [1.807, 2.05) is 46.8 Å². The van der Waals surface area contributed by atoms with E-state index >= 15 is 0 Å². The van der Waals surface area contributed by atoms with Crippen molar-refractivity contribution >= 4 is 34.5 Å². The van der Waals surface area contributed by atoms with Gasteiger partial charge in [-0.15, -0.1) is 29.3 Å². The van der Waals surface area contributed by atoms with E-state index in [9.17, 15) is 9.59 Å². The number of ether oxygens (including phenoxy) is 2. The summed E-state index contributed by atoms with van der Waals surface area (Å²) in [6.45, 7) is 7.14. The SMILES string of the molecule is C=CCN(CC(=O)N(CCc1ccc(OC)c(OC)c1)Cc1sccc1C)C(=O)c1cccs1. The molecule has 0 aliphatic heterocycles. The maximum atomic E-state index is 13.4. The molecule has 0 radical (unpaired) electrons. The number of methoxy groups -OCH3 is 2. The summed E-state index contributed by atoms with van der Waals surface area (Å²) in [7, 11) is 3.21. The molecule has 0 aliphatic rings. The predicted octanol–water partition coefficient (Wildman–Crippen LogP) is 5.03. The molecule has 0 N–H and O–H groups in total. The molecule has 2 amide bonds. The van der Waals surface area contributed by atoms with Gasteiger partial charge in [0.25, 0.3) is 5.91 Å². The Kier molecular flexibility index (Phi) is 9.30. The first-order chi connectivity index (χ1) is 16.5. The van der Waals surface area contributed by atoms with Gasteiger partial charge in [-0.1, -0.05) is 18.2 Å². The summed E-state index contributed by atoms with van der Waals surface area (Å²) in [5.41, 5.74) is 2.20. The van der Waals surface area contributed by atoms with Gasteiger partial charge in [0, 0.05) is 18.0 Å². The van der Waals surface area contributed by atoms with E-state index in [1.165, 1.54) is 11.3 Å². The Hall–Kier alpha value is -3.10. The van der Waals surface area contributed by atoms with E-state index in [1.54, 1.807) is 42.6 Å². The molecule has 0 aliphatic carbocycles. The van der Waals surface area contributed by atoms with E-state index < -0.39 is 0 Å². The van der Waals surface area contributed by atoms with Crippen molar-refractivity contribution in [2.45, 2.75) is 19.9 Å². The topological polar surface area (TPSA) is 59.1 Å². The van der Waals surface area contributed by atoms with Crippen LogP contribution in [0.5, 0.6) is 11.5 Å². The third-order valence-electron chi connectivity index (χ3n) is 5.47. The minimum atomic E-state index is -0.157. The molecule has 0 fully saturated rings. The highest BCUT2D eigenvalue weighted by Gasteiger charge is 2.23. The molecule has 1 aromatic carbocycles. The van der Waals surface area contributed by atoms with Gasteiger partial charge < -0.3 is 19.3 Å². The third-order valence-corrected chi connectivity index (χ3v) is 7.33. The average molecular weight is 499 g/mol. The number of hydrogen-bond donors (Lipinski definition) is 0. The lowest BCUT2D eigenvalue weighted by molar-refractivity contribution is -0.132. The molecule has 3 rings (SSSR count). The summed E-state index contributed by atoms with van der Waals surface area (Å²) in [4.78, 5) is 31.5. The van der Waals surface area contributed by atoms with Crippen LogP contribution in [-0.2, 0) is 17.8 Å². The summed E-state index contributed by atoms with van der Waals surface area (Å²) >= 11 is 3.01. The maximum absolute atomic E-state index is 13.4. The standard InChI is InChI=1S/C26H30N2O4S2/c1-5-12-28(26(30)23-7-6-14-33-23)18-25(29)27(17-24-19(2)11-15-34-24)13-10-20-8-9-21(31-3)22(16-20)32-4/h5-9,11,14-16H,1,10,12-13,17-18H2,2-4H3. The molecular weight excluding hydrogens is 468 g/mol. The van der Waals surface area contributed by atoms with Gasteiger partial charge in [0.2, 0.25) is 5.91 Å². The molecule has 8 heteroatoms. The first-order valence-electron chi connectivity index (χ1n) is 10.9. The van der Waals surface area contributed by atoms with Gasteiger partial charge in [-0.2, -0.15) is 0 Å². The Morgan fingerprint density at radius 3 is 2.44 bits per heavy atom. The van der Waals surface area contributed by atoms with E-state index in [0.29, 0.717) is 42.4 Å². The van der Waals surface area contributed by atoms with Crippen molar-refractivity contribution in [3.8, 4) is 11.5 Å². The first-order valence-corrected chi connectivity index (χ1v) is 12.7. The van der Waals surface area contributed by atoms with Gasteiger partial charge >= 0.3 is 0 Å². The Balaban J connectivity index is 1.77. The summed E-state index contributed by atoms with van der Waals surface area (Å²) in [5.74, 6) is 1.07. The normalized spacial score (nSPS) is 10.6. The molecule has 2 heterocycles. The highest BCUT2D eigenvalue weighted by Crippen LogP contribution is 2.28. The zero-order valence-corrected chi connectivity index (χ0v) is 21.4. The van der Waals surface area contributed by atoms with Crippen LogP contribution in [0, 0.1) is 6.92 Å². The zero-order chi connectivity index (χ0) is 24.5. The molecule has 0 unspecified atom stereocenters. The minimum absolute atomic E-state index is 0.000883. The molecule has 6 nitrogen and oxygen atoms in total. The van der Waals surface area contributed by atoms with Crippen molar-refractivity contribution < 1.29 is 19.1 Å². The van der Waals surface area contributed by atoms with E-state index in [2.05, 4.69) is 12.6 Å². The van der Waals surface area contributed by atoms with Crippen LogP contribution < -0.4 is 9.47 Å². The van der Waals surface area contributed by atoms with Crippen LogP contribution in [0.15, 0.2) is 59.8 Å². The monoisotopic (exact) mass is 498 g/mol. The Morgan fingerprint density at radius 1 is 1.03 bits per heavy atom. The Morgan fingerprint density at radius 2 is 1.82 bits per heavy atom. The average Bonchev–Trinajstić information content (AvgIpc) is 3.52. The number of amides is 2. The van der Waals surface area contributed by atoms with Gasteiger partial charge in [-0.05, 0) is 59.5 Å². The Bertz CT molecular complexity index is 1110. The van der Waals surface area contributed by atoms with Crippen LogP contribution in [0.1, 0.15) is 25.7 Å². The lowest BCUT2D eigenvalue weighted by Crippen LogP contribution is -2.43. The van der Waals surface area contributed by atoms with E-state index in [-0.39, 0.29) is 18.4 Å². The van der Waals surface area contributed by atoms with Gasteiger partial charge in [-0.25, -0.2) is 0 Å². The number of benzene rings is 1. The number of carbonyl (C=O) groups is 2. The molecule has 2 aromatic heterocycles. The number of nitrogens with zero attached hydrogens (tertiary/aromatic N) is 2. The predicted molar refractivity (Wildman–Crippen MR) is 138 cm³/mol. The quantitative estimate of drug-likeness (QED) is 0.329. The number of rotatable bonds is 12. The number of hydrogen-bond acceptors (Lipinski definition) is 6. The molecule has 0 spiro atoms. The summed E-state index contributed by atoms with van der Waals surface area (Å²) in [6, 6.07) is 11.4. The Labute approximate surface area is 209 Å². The lowest BCUT2D eigenvalue weighted by atomic mass is 10.1. The zero-order valence-electron chi connectivity index (χ0n) is 19.8. The second kappa shape index (κ2) is 12.4. The van der Waals surface area contributed by atoms with Gasteiger partial charge in [-0.3, -0.25) is 9.59 Å². The fourth-order valence-corrected chi connectivity index (χ4v) is 5.14. The van der Waals surface area contributed by atoms with Crippen molar-refractivity contribution in [2.75, 3.05) is 33.9 Å². The third kappa shape index (κ3) is 6.48. The largest absolute Gasteiger partial charge is 0.493 e. The second-order valence-electron chi connectivity index (χ2n) is 7.73. The summed E-state index contributed by atoms with van der Waals surface area (Å²) < 4.78 is 10.7. The molecule has 0 bridgehead atoms. The van der Waals surface area contributed by atoms with Crippen LogP contribution in [0.25, 0.3) is 0 Å². The summed E-state index contributed by atoms with van der Waals surface area (Å²) in [5, 5.41) is 3.89. The molecule has 0 saturated carbocycles. The van der Waals surface area contributed by atoms with E-state index in [0.717, 1.165) is 16.0 Å². The van der Waals surface area contributed by atoms with Gasteiger partial charge in [0.15, 0.2) is 11.5 Å². The second-order valence-corrected chi connectivity index (χ2v) is 9.68. The fraction of sp³-hybridized carbons (Fsp3) is 0.308. The van der Waals surface area contributed by atoms with E-state index in [4.69, 9.17) is 9.47 Å². The number of aryl methyl sites for hydroxylation is 1. The van der Waals surface area contributed by atoms with Crippen molar-refractivity contribution in [2.24, 2.45) is 0 Å². The van der Waals surface area contributed by atoms with Gasteiger partial charge in [0.1, 0.15) is 6.54 Å². The lowest BCUT2D eigenvalue weighted by Gasteiger charge is -2.27. The van der Waals surface area contributed by atoms with Crippen LogP contribution in [0.4, 0.5) is 0 Å². The van der Waals surface area contributed by atoms with Crippen LogP contribution >= 0.6 is 22.7 Å². The highest BCUT2D eigenvalue weighted by atomic mass is 32.1. The number of thiophene rings is 2. The molecule has 0 saturated heterocycles. The van der Waals surface area contributed by atoms with Crippen LogP contribution in [0.2, 0.25) is 0 Å². The minimum Gasteiger partial charge on any atom is -0.493 e. The molecule has 34 heavy (non-hydrogen) atoms.